The molecular weight excluding hydrogens is 290 g/mol. The Morgan fingerprint density at radius 1 is 1.26 bits per heavy atom. The SMILES string of the molecule is CCNCc1cccc(NC(=O)C(NC(C)=O)C2CCCC2)c1. The lowest BCUT2D eigenvalue weighted by Crippen LogP contribution is -2.47. The fourth-order valence-electron chi connectivity index (χ4n) is 3.16. The van der Waals surface area contributed by atoms with Crippen LogP contribution in [-0.2, 0) is 16.1 Å². The molecular formula is C18H27N3O2. The minimum atomic E-state index is -0.438. The summed E-state index contributed by atoms with van der Waals surface area (Å²) >= 11 is 0. The first-order valence-corrected chi connectivity index (χ1v) is 8.47. The highest BCUT2D eigenvalue weighted by molar-refractivity contribution is 5.97. The average molecular weight is 317 g/mol. The summed E-state index contributed by atoms with van der Waals surface area (Å²) in [5, 5.41) is 9.06. The Morgan fingerprint density at radius 3 is 2.65 bits per heavy atom. The Balaban J connectivity index is 2.03. The lowest BCUT2D eigenvalue weighted by molar-refractivity contribution is -0.126. The molecule has 3 N–H and O–H groups in total. The van der Waals surface area contributed by atoms with Crippen LogP contribution in [0.3, 0.4) is 0 Å². The molecule has 1 saturated carbocycles. The van der Waals surface area contributed by atoms with E-state index in [2.05, 4.69) is 22.9 Å². The van der Waals surface area contributed by atoms with Crippen molar-refractivity contribution in [2.45, 2.75) is 52.1 Å². The summed E-state index contributed by atoms with van der Waals surface area (Å²) < 4.78 is 0. The van der Waals surface area contributed by atoms with Gasteiger partial charge in [0.15, 0.2) is 0 Å². The molecule has 1 aliphatic rings. The molecule has 0 aliphatic heterocycles. The second-order valence-corrected chi connectivity index (χ2v) is 6.19. The zero-order valence-electron chi connectivity index (χ0n) is 14.0. The zero-order valence-corrected chi connectivity index (χ0v) is 14.0. The van der Waals surface area contributed by atoms with Crippen LogP contribution < -0.4 is 16.0 Å². The molecule has 0 bridgehead atoms. The Labute approximate surface area is 138 Å². The van der Waals surface area contributed by atoms with Gasteiger partial charge in [-0.25, -0.2) is 0 Å². The number of rotatable bonds is 7. The van der Waals surface area contributed by atoms with Crippen molar-refractivity contribution in [1.29, 1.82) is 0 Å². The Hall–Kier alpha value is -1.88. The van der Waals surface area contributed by atoms with Gasteiger partial charge in [-0.1, -0.05) is 31.9 Å². The third-order valence-electron chi connectivity index (χ3n) is 4.29. The maximum Gasteiger partial charge on any atom is 0.247 e. The van der Waals surface area contributed by atoms with Gasteiger partial charge in [0.1, 0.15) is 6.04 Å². The van der Waals surface area contributed by atoms with E-state index < -0.39 is 6.04 Å². The topological polar surface area (TPSA) is 70.2 Å². The van der Waals surface area contributed by atoms with Crippen LogP contribution in [0.1, 0.15) is 45.1 Å². The minimum Gasteiger partial charge on any atom is -0.344 e. The molecule has 2 rings (SSSR count). The third-order valence-corrected chi connectivity index (χ3v) is 4.29. The maximum absolute atomic E-state index is 12.6. The Bertz CT molecular complexity index is 539. The predicted octanol–water partition coefficient (Wildman–Crippen LogP) is 2.43. The molecule has 1 aromatic carbocycles. The Kier molecular flexibility index (Phi) is 6.59. The van der Waals surface area contributed by atoms with E-state index in [0.717, 1.165) is 50.0 Å². The van der Waals surface area contributed by atoms with Gasteiger partial charge in [0.2, 0.25) is 11.8 Å². The summed E-state index contributed by atoms with van der Waals surface area (Å²) in [6, 6.07) is 7.38. The van der Waals surface area contributed by atoms with E-state index in [1.54, 1.807) is 0 Å². The van der Waals surface area contributed by atoms with Gasteiger partial charge in [0.05, 0.1) is 0 Å². The molecule has 1 aliphatic carbocycles. The van der Waals surface area contributed by atoms with E-state index >= 15 is 0 Å². The number of anilines is 1. The molecule has 23 heavy (non-hydrogen) atoms. The smallest absolute Gasteiger partial charge is 0.247 e. The predicted molar refractivity (Wildman–Crippen MR) is 92.0 cm³/mol. The standard InChI is InChI=1S/C18H27N3O2/c1-3-19-12-14-7-6-10-16(11-14)21-18(23)17(20-13(2)22)15-8-4-5-9-15/h6-7,10-11,15,17,19H,3-5,8-9,12H2,1-2H3,(H,20,22)(H,21,23). The summed E-state index contributed by atoms with van der Waals surface area (Å²) in [6.07, 6.45) is 4.26. The first kappa shape index (κ1) is 17.5. The van der Waals surface area contributed by atoms with Crippen molar-refractivity contribution in [3.8, 4) is 0 Å². The van der Waals surface area contributed by atoms with Gasteiger partial charge in [-0.2, -0.15) is 0 Å². The summed E-state index contributed by atoms with van der Waals surface area (Å²) in [4.78, 5) is 24.1. The van der Waals surface area contributed by atoms with Gasteiger partial charge >= 0.3 is 0 Å². The van der Waals surface area contributed by atoms with Crippen molar-refractivity contribution in [3.05, 3.63) is 29.8 Å². The summed E-state index contributed by atoms with van der Waals surface area (Å²) in [6.45, 7) is 5.21. The molecule has 1 fully saturated rings. The second-order valence-electron chi connectivity index (χ2n) is 6.19. The first-order chi connectivity index (χ1) is 11.1. The van der Waals surface area contributed by atoms with E-state index in [4.69, 9.17) is 0 Å². The number of hydrogen-bond acceptors (Lipinski definition) is 3. The van der Waals surface area contributed by atoms with Crippen molar-refractivity contribution in [2.24, 2.45) is 5.92 Å². The van der Waals surface area contributed by atoms with Crippen LogP contribution in [0.5, 0.6) is 0 Å². The van der Waals surface area contributed by atoms with E-state index in [9.17, 15) is 9.59 Å². The van der Waals surface area contributed by atoms with E-state index in [1.807, 2.05) is 24.3 Å². The van der Waals surface area contributed by atoms with Crippen LogP contribution >= 0.6 is 0 Å². The van der Waals surface area contributed by atoms with Gasteiger partial charge in [-0.3, -0.25) is 9.59 Å². The van der Waals surface area contributed by atoms with Gasteiger partial charge in [-0.05, 0) is 43.0 Å². The van der Waals surface area contributed by atoms with Crippen LogP contribution in [0.4, 0.5) is 5.69 Å². The number of carbonyl (C=O) groups excluding carboxylic acids is 2. The van der Waals surface area contributed by atoms with Crippen molar-refractivity contribution in [2.75, 3.05) is 11.9 Å². The Morgan fingerprint density at radius 2 is 2.00 bits per heavy atom. The molecule has 2 amide bonds. The molecule has 0 heterocycles. The fourth-order valence-corrected chi connectivity index (χ4v) is 3.16. The van der Waals surface area contributed by atoms with Crippen LogP contribution in [0, 0.1) is 5.92 Å². The van der Waals surface area contributed by atoms with Crippen LogP contribution in [0.15, 0.2) is 24.3 Å². The van der Waals surface area contributed by atoms with E-state index in [1.165, 1.54) is 6.92 Å². The molecule has 1 atom stereocenters. The van der Waals surface area contributed by atoms with Crippen molar-refractivity contribution in [1.82, 2.24) is 10.6 Å². The maximum atomic E-state index is 12.6. The monoisotopic (exact) mass is 317 g/mol. The number of nitrogens with one attached hydrogen (secondary N) is 3. The molecule has 5 heteroatoms. The van der Waals surface area contributed by atoms with Crippen LogP contribution in [-0.4, -0.2) is 24.4 Å². The van der Waals surface area contributed by atoms with Gasteiger partial charge < -0.3 is 16.0 Å². The molecule has 1 aromatic rings. The van der Waals surface area contributed by atoms with Crippen LogP contribution in [0.2, 0.25) is 0 Å². The van der Waals surface area contributed by atoms with E-state index in [0.29, 0.717) is 0 Å². The van der Waals surface area contributed by atoms with Crippen molar-refractivity contribution >= 4 is 17.5 Å². The third kappa shape index (κ3) is 5.36. The largest absolute Gasteiger partial charge is 0.344 e. The van der Waals surface area contributed by atoms with Gasteiger partial charge in [0.25, 0.3) is 0 Å². The summed E-state index contributed by atoms with van der Waals surface area (Å²) in [7, 11) is 0. The molecule has 1 unspecified atom stereocenters. The number of carbonyl (C=O) groups is 2. The lowest BCUT2D eigenvalue weighted by atomic mass is 9.97. The number of hydrogen-bond donors (Lipinski definition) is 3. The highest BCUT2D eigenvalue weighted by atomic mass is 16.2. The summed E-state index contributed by atoms with van der Waals surface area (Å²) in [5.74, 6) is -0.0329. The molecule has 0 aromatic heterocycles. The summed E-state index contributed by atoms with van der Waals surface area (Å²) in [5.41, 5.74) is 1.90. The number of amides is 2. The lowest BCUT2D eigenvalue weighted by Gasteiger charge is -2.23. The molecule has 0 radical (unpaired) electrons. The molecule has 5 nitrogen and oxygen atoms in total. The highest BCUT2D eigenvalue weighted by Crippen LogP contribution is 2.28. The van der Waals surface area contributed by atoms with E-state index in [-0.39, 0.29) is 17.7 Å². The molecule has 126 valence electrons. The van der Waals surface area contributed by atoms with Gasteiger partial charge in [0, 0.05) is 19.2 Å². The first-order valence-electron chi connectivity index (χ1n) is 8.47. The zero-order chi connectivity index (χ0) is 16.7. The second kappa shape index (κ2) is 8.67. The molecule has 0 spiro atoms. The van der Waals surface area contributed by atoms with Crippen LogP contribution in [0.25, 0.3) is 0 Å². The van der Waals surface area contributed by atoms with Gasteiger partial charge in [-0.15, -0.1) is 0 Å². The highest BCUT2D eigenvalue weighted by Gasteiger charge is 2.31. The van der Waals surface area contributed by atoms with Crippen molar-refractivity contribution < 1.29 is 9.59 Å². The normalized spacial score (nSPS) is 16.1. The van der Waals surface area contributed by atoms with Crippen molar-refractivity contribution in [3.63, 3.8) is 0 Å². The quantitative estimate of drug-likeness (QED) is 0.723. The minimum absolute atomic E-state index is 0.118. The fraction of sp³-hybridized carbons (Fsp3) is 0.556. The molecule has 0 saturated heterocycles. The average Bonchev–Trinajstić information content (AvgIpc) is 3.04. The number of benzene rings is 1.